The minimum absolute atomic E-state index is 0.0149. The number of ether oxygens (including phenoxy) is 1. The molecule has 0 unspecified atom stereocenters. The number of anilines is 1. The molecule has 0 radical (unpaired) electrons. The lowest BCUT2D eigenvalue weighted by atomic mass is 10.1. The predicted octanol–water partition coefficient (Wildman–Crippen LogP) is 3.94. The maximum absolute atomic E-state index is 15.0. The molecule has 3 aromatic rings. The number of alkyl halides is 1. The Balaban J connectivity index is 1.58. The largest absolute Gasteiger partial charge is 0.389 e. The molecule has 4 heterocycles. The minimum Gasteiger partial charge on any atom is -0.389 e. The van der Waals surface area contributed by atoms with E-state index in [1.54, 1.807) is 18.2 Å². The van der Waals surface area contributed by atoms with E-state index in [9.17, 15) is 14.3 Å². The van der Waals surface area contributed by atoms with E-state index in [0.29, 0.717) is 55.5 Å². The molecule has 0 aliphatic carbocycles. The Bertz CT molecular complexity index is 1370. The Kier molecular flexibility index (Phi) is 7.44. The van der Waals surface area contributed by atoms with Gasteiger partial charge in [-0.3, -0.25) is 9.69 Å². The summed E-state index contributed by atoms with van der Waals surface area (Å²) in [5.41, 5.74) is 1.46. The Hall–Kier alpha value is -2.66. The van der Waals surface area contributed by atoms with Crippen molar-refractivity contribution in [1.82, 2.24) is 19.4 Å². The normalized spacial score (nSPS) is 22.7. The highest BCUT2D eigenvalue weighted by Gasteiger charge is 2.26. The zero-order chi connectivity index (χ0) is 26.3. The van der Waals surface area contributed by atoms with E-state index in [0.717, 1.165) is 11.9 Å². The fourth-order valence-electron chi connectivity index (χ4n) is 5.17. The van der Waals surface area contributed by atoms with E-state index in [2.05, 4.69) is 15.3 Å². The summed E-state index contributed by atoms with van der Waals surface area (Å²) < 4.78 is 36.1. The van der Waals surface area contributed by atoms with Crippen LogP contribution in [0.2, 0.25) is 5.02 Å². The number of halogens is 3. The summed E-state index contributed by atoms with van der Waals surface area (Å²) in [6.07, 6.45) is 0.488. The number of fused-ring (bicyclic) bond motifs is 1. The number of aromatic nitrogens is 3. The molecule has 2 fully saturated rings. The smallest absolute Gasteiger partial charge is 0.223 e. The maximum atomic E-state index is 15.0. The lowest BCUT2D eigenvalue weighted by Crippen LogP contribution is -2.42. The topological polar surface area (TPSA) is 92.5 Å². The van der Waals surface area contributed by atoms with Gasteiger partial charge in [-0.15, -0.1) is 0 Å². The van der Waals surface area contributed by atoms with Crippen molar-refractivity contribution in [1.29, 1.82) is 0 Å². The number of nitrogens with one attached hydrogen (secondary N) is 1. The number of rotatable bonds is 6. The van der Waals surface area contributed by atoms with Crippen LogP contribution in [0.5, 0.6) is 0 Å². The van der Waals surface area contributed by atoms with E-state index in [4.69, 9.17) is 16.3 Å². The van der Waals surface area contributed by atoms with Gasteiger partial charge in [0.15, 0.2) is 11.2 Å². The Morgan fingerprint density at radius 2 is 2.11 bits per heavy atom. The van der Waals surface area contributed by atoms with Gasteiger partial charge in [0.2, 0.25) is 5.95 Å². The quantitative estimate of drug-likeness (QED) is 0.496. The molecule has 198 valence electrons. The number of hydrogen-bond acceptors (Lipinski definition) is 7. The van der Waals surface area contributed by atoms with Crippen LogP contribution in [0.25, 0.3) is 22.2 Å². The van der Waals surface area contributed by atoms with Crippen molar-refractivity contribution >= 4 is 28.5 Å². The van der Waals surface area contributed by atoms with Crippen molar-refractivity contribution in [2.24, 2.45) is 0 Å². The standard InChI is InChI=1S/C26H30ClF2N5O3/c1-14(2)34-16(12-33-5-3-15(28)11-33)7-23(35)18-8-19(27)17(9-22(18)34)25-20(29)10-30-26(32-25)31-21-4-6-37-13-24(21)36/h7-10,14-15,21,24,36H,3-6,11-13H2,1-2H3,(H,30,31,32)/t15-,21-,24-/m1/s1. The highest BCUT2D eigenvalue weighted by molar-refractivity contribution is 6.34. The van der Waals surface area contributed by atoms with E-state index in [1.807, 2.05) is 23.3 Å². The molecule has 37 heavy (non-hydrogen) atoms. The van der Waals surface area contributed by atoms with Crippen LogP contribution in [0.1, 0.15) is 38.4 Å². The van der Waals surface area contributed by atoms with Crippen molar-refractivity contribution in [2.45, 2.75) is 57.6 Å². The second-order valence-corrected chi connectivity index (χ2v) is 10.4. The Morgan fingerprint density at radius 1 is 1.30 bits per heavy atom. The first-order valence-electron chi connectivity index (χ1n) is 12.5. The van der Waals surface area contributed by atoms with Crippen molar-refractivity contribution in [2.75, 3.05) is 31.6 Å². The van der Waals surface area contributed by atoms with Crippen LogP contribution in [0.4, 0.5) is 14.7 Å². The van der Waals surface area contributed by atoms with Crippen LogP contribution in [0.15, 0.2) is 29.2 Å². The Morgan fingerprint density at radius 3 is 2.81 bits per heavy atom. The molecule has 8 nitrogen and oxygen atoms in total. The third-order valence-corrected chi connectivity index (χ3v) is 7.29. The second kappa shape index (κ2) is 10.6. The van der Waals surface area contributed by atoms with Crippen LogP contribution in [0, 0.1) is 5.82 Å². The second-order valence-electron chi connectivity index (χ2n) is 10.0. The first kappa shape index (κ1) is 26.0. The molecule has 5 rings (SSSR count). The number of aliphatic hydroxyl groups is 1. The molecule has 11 heteroatoms. The fraction of sp³-hybridized carbons (Fsp3) is 0.500. The first-order valence-corrected chi connectivity index (χ1v) is 12.9. The fourth-order valence-corrected chi connectivity index (χ4v) is 5.42. The molecule has 2 aliphatic heterocycles. The first-order chi connectivity index (χ1) is 17.7. The molecular formula is C26H30ClF2N5O3. The lowest BCUT2D eigenvalue weighted by molar-refractivity contribution is -0.0136. The average Bonchev–Trinajstić information content (AvgIpc) is 3.26. The molecule has 2 N–H and O–H groups in total. The molecule has 2 aliphatic rings. The number of benzene rings is 1. The number of hydrogen-bond donors (Lipinski definition) is 2. The SMILES string of the molecule is CC(C)n1c(CN2CC[C@@H](F)C2)cc(=O)c2cc(Cl)c(-c3nc(N[C@@H]4CCOC[C@H]4O)ncc3F)cc21. The van der Waals surface area contributed by atoms with Crippen LogP contribution in [-0.4, -0.2) is 69.2 Å². The average molecular weight is 534 g/mol. The van der Waals surface area contributed by atoms with Crippen molar-refractivity contribution in [3.63, 3.8) is 0 Å². The van der Waals surface area contributed by atoms with Gasteiger partial charge in [-0.1, -0.05) is 11.6 Å². The van der Waals surface area contributed by atoms with E-state index in [1.165, 1.54) is 0 Å². The van der Waals surface area contributed by atoms with Gasteiger partial charge in [0.1, 0.15) is 11.9 Å². The van der Waals surface area contributed by atoms with Crippen LogP contribution >= 0.6 is 11.6 Å². The number of aliphatic hydroxyl groups excluding tert-OH is 1. The van der Waals surface area contributed by atoms with E-state index < -0.39 is 18.1 Å². The summed E-state index contributed by atoms with van der Waals surface area (Å²) in [5.74, 6) is -0.511. The highest BCUT2D eigenvalue weighted by Crippen LogP contribution is 2.34. The molecule has 1 aromatic carbocycles. The molecule has 3 atom stereocenters. The van der Waals surface area contributed by atoms with Crippen molar-refractivity contribution in [3.05, 3.63) is 51.2 Å². The molecular weight excluding hydrogens is 504 g/mol. The van der Waals surface area contributed by atoms with E-state index >= 15 is 4.39 Å². The lowest BCUT2D eigenvalue weighted by Gasteiger charge is -2.28. The van der Waals surface area contributed by atoms with Gasteiger partial charge in [0.25, 0.3) is 0 Å². The zero-order valence-corrected chi connectivity index (χ0v) is 21.5. The third kappa shape index (κ3) is 5.34. The summed E-state index contributed by atoms with van der Waals surface area (Å²) in [6.45, 7) is 6.07. The minimum atomic E-state index is -0.865. The number of likely N-dealkylation sites (tertiary alicyclic amines) is 1. The third-order valence-electron chi connectivity index (χ3n) is 6.97. The molecule has 0 saturated carbocycles. The summed E-state index contributed by atoms with van der Waals surface area (Å²) in [5, 5.41) is 13.8. The van der Waals surface area contributed by atoms with Crippen LogP contribution in [0.3, 0.4) is 0 Å². The molecule has 0 bridgehead atoms. The summed E-state index contributed by atoms with van der Waals surface area (Å²) in [4.78, 5) is 23.5. The van der Waals surface area contributed by atoms with E-state index in [-0.39, 0.29) is 40.8 Å². The van der Waals surface area contributed by atoms with Gasteiger partial charge >= 0.3 is 0 Å². The summed E-state index contributed by atoms with van der Waals surface area (Å²) >= 11 is 6.57. The van der Waals surface area contributed by atoms with Crippen LogP contribution < -0.4 is 10.7 Å². The van der Waals surface area contributed by atoms with Crippen LogP contribution in [-0.2, 0) is 11.3 Å². The van der Waals surface area contributed by atoms with Gasteiger partial charge in [-0.05, 0) is 38.8 Å². The van der Waals surface area contributed by atoms with Crippen molar-refractivity contribution in [3.8, 4) is 11.3 Å². The number of nitrogens with zero attached hydrogens (tertiary/aromatic N) is 4. The summed E-state index contributed by atoms with van der Waals surface area (Å²) in [7, 11) is 0. The molecule has 2 aromatic heterocycles. The maximum Gasteiger partial charge on any atom is 0.223 e. The molecule has 0 amide bonds. The molecule has 0 spiro atoms. The summed E-state index contributed by atoms with van der Waals surface area (Å²) in [6, 6.07) is 4.45. The van der Waals surface area contributed by atoms with Gasteiger partial charge in [-0.2, -0.15) is 0 Å². The van der Waals surface area contributed by atoms with Gasteiger partial charge in [0.05, 0.1) is 35.5 Å². The van der Waals surface area contributed by atoms with Gasteiger partial charge in [-0.25, -0.2) is 18.7 Å². The zero-order valence-electron chi connectivity index (χ0n) is 20.8. The molecule has 2 saturated heterocycles. The Labute approximate surface area is 218 Å². The predicted molar refractivity (Wildman–Crippen MR) is 138 cm³/mol. The monoisotopic (exact) mass is 533 g/mol. The van der Waals surface area contributed by atoms with Gasteiger partial charge in [0, 0.05) is 55.0 Å². The van der Waals surface area contributed by atoms with Crippen molar-refractivity contribution < 1.29 is 18.6 Å². The highest BCUT2D eigenvalue weighted by atomic mass is 35.5. The number of pyridine rings is 1. The van der Waals surface area contributed by atoms with Gasteiger partial charge < -0.3 is 19.7 Å².